The van der Waals surface area contributed by atoms with E-state index < -0.39 is 22.0 Å². The molecule has 0 bridgehead atoms. The fraction of sp³-hybridized carbons (Fsp3) is 0.154. The molecule has 0 aliphatic carbocycles. The number of carbonyl (C=O) groups is 1. The molecule has 0 radical (unpaired) electrons. The van der Waals surface area contributed by atoms with Crippen LogP contribution in [0, 0.1) is 7.14 Å². The fourth-order valence-electron chi connectivity index (χ4n) is 1.83. The summed E-state index contributed by atoms with van der Waals surface area (Å²) in [6.45, 7) is 0. The molecule has 1 heterocycles. The maximum absolute atomic E-state index is 12.3. The van der Waals surface area contributed by atoms with Gasteiger partial charge in [0, 0.05) is 5.38 Å². The molecule has 0 amide bonds. The number of carboxylic acids is 1. The van der Waals surface area contributed by atoms with Gasteiger partial charge in [-0.05, 0) is 75.4 Å². The Bertz CT molecular complexity index is 861. The van der Waals surface area contributed by atoms with Crippen molar-refractivity contribution in [2.45, 2.75) is 16.7 Å². The zero-order chi connectivity index (χ0) is 18.1. The van der Waals surface area contributed by atoms with Gasteiger partial charge in [-0.1, -0.05) is 11.6 Å². The van der Waals surface area contributed by atoms with Gasteiger partial charge in [-0.15, -0.1) is 11.3 Å². The maximum atomic E-state index is 12.3. The number of benzene rings is 1. The minimum absolute atomic E-state index is 0.0476. The molecule has 0 fully saturated rings. The van der Waals surface area contributed by atoms with Crippen molar-refractivity contribution in [3.05, 3.63) is 41.3 Å². The third-order valence-electron chi connectivity index (χ3n) is 2.92. The summed E-state index contributed by atoms with van der Waals surface area (Å²) in [6, 6.07) is 3.15. The van der Waals surface area contributed by atoms with Crippen LogP contribution in [-0.2, 0) is 21.2 Å². The second-order valence-electron chi connectivity index (χ2n) is 4.71. The maximum Gasteiger partial charge on any atom is 0.322 e. The molecule has 0 aliphatic heterocycles. The molecule has 0 saturated carbocycles. The van der Waals surface area contributed by atoms with Crippen molar-refractivity contribution in [2.24, 2.45) is 0 Å². The zero-order valence-corrected chi connectivity index (χ0v) is 18.4. The van der Waals surface area contributed by atoms with Gasteiger partial charge in [-0.2, -0.15) is 4.72 Å². The van der Waals surface area contributed by atoms with Crippen molar-refractivity contribution in [3.63, 3.8) is 0 Å². The lowest BCUT2D eigenvalue weighted by molar-refractivity contribution is -0.138. The molecule has 6 nitrogen and oxygen atoms in total. The van der Waals surface area contributed by atoms with Gasteiger partial charge in [0.25, 0.3) is 10.0 Å². The number of hydrogen-bond donors (Lipinski definition) is 3. The minimum Gasteiger partial charge on any atom is -0.506 e. The van der Waals surface area contributed by atoms with E-state index in [0.717, 1.165) is 11.3 Å². The first-order chi connectivity index (χ1) is 11.1. The van der Waals surface area contributed by atoms with Gasteiger partial charge in [-0.25, -0.2) is 8.42 Å². The highest BCUT2D eigenvalue weighted by Crippen LogP contribution is 2.28. The standard InChI is InChI=1S/C13H10ClI2NO5S2/c14-7-4-11(23-5-7)24(21,22)17-10(13(19)20)3-6-1-8(15)12(18)9(16)2-6/h1-2,4-5,10,17-18H,3H2,(H,19,20)/t10-/m1/s1. The number of thiophene rings is 1. The topological polar surface area (TPSA) is 104 Å². The van der Waals surface area contributed by atoms with Gasteiger partial charge < -0.3 is 10.2 Å². The summed E-state index contributed by atoms with van der Waals surface area (Å²) in [5.41, 5.74) is 0.598. The summed E-state index contributed by atoms with van der Waals surface area (Å²) in [4.78, 5) is 11.5. The van der Waals surface area contributed by atoms with E-state index in [4.69, 9.17) is 11.6 Å². The van der Waals surface area contributed by atoms with Crippen LogP contribution < -0.4 is 4.72 Å². The lowest BCUT2D eigenvalue weighted by Gasteiger charge is -2.15. The zero-order valence-electron chi connectivity index (χ0n) is 11.7. The second-order valence-corrected chi connectivity index (χ2v) is 10.3. The smallest absolute Gasteiger partial charge is 0.322 e. The highest BCUT2D eigenvalue weighted by atomic mass is 127. The molecule has 3 N–H and O–H groups in total. The van der Waals surface area contributed by atoms with Crippen molar-refractivity contribution >= 4 is 84.1 Å². The summed E-state index contributed by atoms with van der Waals surface area (Å²) in [7, 11) is -3.98. The van der Waals surface area contributed by atoms with Crippen LogP contribution >= 0.6 is 68.1 Å². The van der Waals surface area contributed by atoms with Gasteiger partial charge in [0.05, 0.1) is 12.2 Å². The first-order valence-electron chi connectivity index (χ1n) is 6.26. The molecule has 2 rings (SSSR count). The number of aliphatic carboxylic acids is 1. The second kappa shape index (κ2) is 8.03. The number of phenolic OH excluding ortho intramolecular Hbond substituents is 1. The van der Waals surface area contributed by atoms with Gasteiger partial charge in [0.1, 0.15) is 16.0 Å². The van der Waals surface area contributed by atoms with Crippen LogP contribution in [0.3, 0.4) is 0 Å². The van der Waals surface area contributed by atoms with Crippen LogP contribution in [-0.4, -0.2) is 30.6 Å². The molecule has 11 heteroatoms. The third-order valence-corrected chi connectivity index (χ3v) is 7.82. The number of nitrogens with one attached hydrogen (secondary N) is 1. The van der Waals surface area contributed by atoms with Gasteiger partial charge in [0.15, 0.2) is 0 Å². The van der Waals surface area contributed by atoms with Crippen molar-refractivity contribution in [3.8, 4) is 5.75 Å². The average Bonchev–Trinajstić information content (AvgIpc) is 2.91. The van der Waals surface area contributed by atoms with E-state index in [1.165, 1.54) is 11.4 Å². The normalized spacial score (nSPS) is 13.0. The molecular formula is C13H10ClI2NO5S2. The Kier molecular flexibility index (Phi) is 6.75. The summed E-state index contributed by atoms with van der Waals surface area (Å²) >= 11 is 10.5. The van der Waals surface area contributed by atoms with E-state index in [-0.39, 0.29) is 21.4 Å². The van der Waals surface area contributed by atoms with E-state index in [9.17, 15) is 23.4 Å². The number of phenols is 1. The van der Waals surface area contributed by atoms with Crippen LogP contribution in [0.4, 0.5) is 0 Å². The van der Waals surface area contributed by atoms with E-state index >= 15 is 0 Å². The quantitative estimate of drug-likeness (QED) is 0.434. The Balaban J connectivity index is 2.26. The first kappa shape index (κ1) is 20.2. The van der Waals surface area contributed by atoms with Crippen molar-refractivity contribution < 1.29 is 23.4 Å². The molecule has 1 atom stereocenters. The van der Waals surface area contributed by atoms with E-state index in [2.05, 4.69) is 4.72 Å². The van der Waals surface area contributed by atoms with Crippen LogP contribution in [0.5, 0.6) is 5.75 Å². The molecule has 130 valence electrons. The van der Waals surface area contributed by atoms with E-state index in [0.29, 0.717) is 12.7 Å². The SMILES string of the molecule is O=C(O)[C@@H](Cc1cc(I)c(O)c(I)c1)NS(=O)(=O)c1cc(Cl)cs1. The Morgan fingerprint density at radius 3 is 2.33 bits per heavy atom. The summed E-state index contributed by atoms with van der Waals surface area (Å²) < 4.78 is 27.8. The number of rotatable bonds is 6. The van der Waals surface area contributed by atoms with Gasteiger partial charge in [0.2, 0.25) is 0 Å². The molecule has 0 unspecified atom stereocenters. The monoisotopic (exact) mass is 613 g/mol. The Labute approximate surface area is 174 Å². The van der Waals surface area contributed by atoms with Crippen molar-refractivity contribution in [1.82, 2.24) is 4.72 Å². The first-order valence-corrected chi connectivity index (χ1v) is 11.2. The predicted molar refractivity (Wildman–Crippen MR) is 108 cm³/mol. The van der Waals surface area contributed by atoms with Crippen molar-refractivity contribution in [1.29, 1.82) is 0 Å². The van der Waals surface area contributed by atoms with E-state index in [1.54, 1.807) is 12.1 Å². The van der Waals surface area contributed by atoms with Crippen LogP contribution in [0.2, 0.25) is 5.02 Å². The molecule has 0 spiro atoms. The Morgan fingerprint density at radius 1 is 1.29 bits per heavy atom. The highest BCUT2D eigenvalue weighted by Gasteiger charge is 2.27. The molecule has 24 heavy (non-hydrogen) atoms. The summed E-state index contributed by atoms with van der Waals surface area (Å²) in [5, 5.41) is 20.8. The molecule has 0 saturated heterocycles. The average molecular weight is 614 g/mol. The highest BCUT2D eigenvalue weighted by molar-refractivity contribution is 14.1. The number of carboxylic acid groups (broad SMARTS) is 1. The molecule has 0 aliphatic rings. The number of aromatic hydroxyl groups is 1. The summed E-state index contributed by atoms with van der Waals surface area (Å²) in [6.07, 6.45) is -0.0556. The molecule has 2 aromatic rings. The Hall–Kier alpha value is -0.150. The molecule has 1 aromatic carbocycles. The predicted octanol–water partition coefficient (Wildman–Crippen LogP) is 3.29. The largest absolute Gasteiger partial charge is 0.506 e. The Morgan fingerprint density at radius 2 is 1.88 bits per heavy atom. The lowest BCUT2D eigenvalue weighted by Crippen LogP contribution is -2.42. The number of sulfonamides is 1. The molecular weight excluding hydrogens is 604 g/mol. The third kappa shape index (κ3) is 4.94. The molecule has 1 aromatic heterocycles. The lowest BCUT2D eigenvalue weighted by atomic mass is 10.1. The van der Waals surface area contributed by atoms with Crippen LogP contribution in [0.25, 0.3) is 0 Å². The van der Waals surface area contributed by atoms with E-state index in [1.807, 2.05) is 45.2 Å². The number of hydrogen-bond acceptors (Lipinski definition) is 5. The van der Waals surface area contributed by atoms with Crippen LogP contribution in [0.15, 0.2) is 27.8 Å². The number of halogens is 3. The fourth-order valence-corrected chi connectivity index (χ4v) is 6.35. The minimum atomic E-state index is -3.98. The van der Waals surface area contributed by atoms with Crippen molar-refractivity contribution in [2.75, 3.05) is 0 Å². The van der Waals surface area contributed by atoms with Gasteiger partial charge in [-0.3, -0.25) is 4.79 Å². The van der Waals surface area contributed by atoms with Gasteiger partial charge >= 0.3 is 5.97 Å². The summed E-state index contributed by atoms with van der Waals surface area (Å²) in [5.74, 6) is -1.18. The van der Waals surface area contributed by atoms with Crippen LogP contribution in [0.1, 0.15) is 5.56 Å².